The van der Waals surface area contributed by atoms with E-state index in [4.69, 9.17) is 0 Å². The Labute approximate surface area is 116 Å². The zero-order chi connectivity index (χ0) is 14.8. The van der Waals surface area contributed by atoms with Gasteiger partial charge in [-0.2, -0.15) is 5.10 Å². The Balaban J connectivity index is 2.22. The van der Waals surface area contributed by atoms with Crippen LogP contribution < -0.4 is 10.0 Å². The Hall–Kier alpha value is -1.78. The van der Waals surface area contributed by atoms with Gasteiger partial charge in [0, 0.05) is 13.6 Å². The third kappa shape index (κ3) is 2.86. The summed E-state index contributed by atoms with van der Waals surface area (Å²) in [6, 6.07) is 0. The van der Waals surface area contributed by atoms with Gasteiger partial charge in [0.05, 0.1) is 17.9 Å². The Morgan fingerprint density at radius 1 is 1.40 bits per heavy atom. The molecule has 0 saturated heterocycles. The van der Waals surface area contributed by atoms with Crippen LogP contribution in [0.25, 0.3) is 0 Å². The minimum absolute atomic E-state index is 0.0719. The minimum atomic E-state index is -3.66. The zero-order valence-electron chi connectivity index (χ0n) is 11.5. The van der Waals surface area contributed by atoms with Crippen molar-refractivity contribution in [1.29, 1.82) is 0 Å². The van der Waals surface area contributed by atoms with E-state index < -0.39 is 10.0 Å². The van der Waals surface area contributed by atoms with Gasteiger partial charge < -0.3 is 9.88 Å². The van der Waals surface area contributed by atoms with E-state index in [9.17, 15) is 8.42 Å². The number of nitrogens with zero attached hydrogens (tertiary/aromatic N) is 4. The Bertz CT molecular complexity index is 688. The molecule has 0 amide bonds. The van der Waals surface area contributed by atoms with Crippen molar-refractivity contribution in [2.75, 3.05) is 7.05 Å². The van der Waals surface area contributed by atoms with E-state index in [0.717, 1.165) is 0 Å². The lowest BCUT2D eigenvalue weighted by Crippen LogP contribution is -2.26. The number of hydrogen-bond acceptors (Lipinski definition) is 6. The molecule has 0 aromatic carbocycles. The van der Waals surface area contributed by atoms with E-state index in [2.05, 4.69) is 30.4 Å². The van der Waals surface area contributed by atoms with Crippen LogP contribution in [-0.4, -0.2) is 40.4 Å². The van der Waals surface area contributed by atoms with Crippen molar-refractivity contribution in [2.45, 2.75) is 24.9 Å². The molecule has 0 unspecified atom stereocenters. The van der Waals surface area contributed by atoms with Crippen LogP contribution in [0.2, 0.25) is 0 Å². The smallest absolute Gasteiger partial charge is 0.244 e. The highest BCUT2D eigenvalue weighted by atomic mass is 32.2. The maximum atomic E-state index is 12.4. The van der Waals surface area contributed by atoms with E-state index in [0.29, 0.717) is 23.8 Å². The quantitative estimate of drug-likeness (QED) is 0.632. The summed E-state index contributed by atoms with van der Waals surface area (Å²) >= 11 is 0. The third-order valence-corrected chi connectivity index (χ3v) is 4.40. The molecule has 0 aliphatic heterocycles. The molecule has 110 valence electrons. The first kappa shape index (κ1) is 14.6. The van der Waals surface area contributed by atoms with Gasteiger partial charge in [0.25, 0.3) is 0 Å². The third-order valence-electron chi connectivity index (χ3n) is 2.80. The number of nitrogens with one attached hydrogen (secondary N) is 3. The van der Waals surface area contributed by atoms with E-state index in [1.807, 2.05) is 0 Å². The van der Waals surface area contributed by atoms with E-state index in [-0.39, 0.29) is 11.4 Å². The Kier molecular flexibility index (Phi) is 4.16. The fraction of sp³-hybridized carbons (Fsp3) is 0.500. The number of aromatic nitrogens is 5. The van der Waals surface area contributed by atoms with Crippen LogP contribution in [0.4, 0.5) is 0 Å². The van der Waals surface area contributed by atoms with Crippen molar-refractivity contribution in [2.24, 2.45) is 7.05 Å². The maximum absolute atomic E-state index is 12.4. The molecule has 0 spiro atoms. The van der Waals surface area contributed by atoms with Crippen molar-refractivity contribution >= 4 is 10.0 Å². The summed E-state index contributed by atoms with van der Waals surface area (Å²) in [5, 5.41) is 17.1. The standard InChI is InChI=1S/C10H17N7O2S/c1-7-10(8(4-11-2)15-14-7)20(18,19)13-5-9-16-12-6-17(9)3/h6,11,13H,4-5H2,1-3H3,(H,14,15). The molecular weight excluding hydrogens is 282 g/mol. The highest BCUT2D eigenvalue weighted by molar-refractivity contribution is 7.89. The van der Waals surface area contributed by atoms with Crippen LogP contribution in [-0.2, 0) is 30.2 Å². The molecule has 0 atom stereocenters. The van der Waals surface area contributed by atoms with Crippen molar-refractivity contribution in [3.8, 4) is 0 Å². The molecule has 10 heteroatoms. The molecule has 0 aliphatic carbocycles. The van der Waals surface area contributed by atoms with Crippen LogP contribution >= 0.6 is 0 Å². The molecule has 0 aliphatic rings. The lowest BCUT2D eigenvalue weighted by molar-refractivity contribution is 0.575. The normalized spacial score (nSPS) is 11.9. The monoisotopic (exact) mass is 299 g/mol. The second kappa shape index (κ2) is 5.69. The Morgan fingerprint density at radius 2 is 2.15 bits per heavy atom. The number of aromatic amines is 1. The highest BCUT2D eigenvalue weighted by Crippen LogP contribution is 2.17. The van der Waals surface area contributed by atoms with Gasteiger partial charge in [-0.05, 0) is 14.0 Å². The van der Waals surface area contributed by atoms with Crippen molar-refractivity contribution < 1.29 is 8.42 Å². The van der Waals surface area contributed by atoms with Gasteiger partial charge in [0.1, 0.15) is 17.0 Å². The predicted molar refractivity (Wildman–Crippen MR) is 71.1 cm³/mol. The minimum Gasteiger partial charge on any atom is -0.320 e. The molecular formula is C10H17N7O2S. The van der Waals surface area contributed by atoms with Crippen molar-refractivity contribution in [3.05, 3.63) is 23.5 Å². The summed E-state index contributed by atoms with van der Waals surface area (Å²) in [7, 11) is -0.179. The summed E-state index contributed by atoms with van der Waals surface area (Å²) in [5.74, 6) is 0.532. The summed E-state index contributed by atoms with van der Waals surface area (Å²) in [5.41, 5.74) is 0.955. The summed E-state index contributed by atoms with van der Waals surface area (Å²) < 4.78 is 28.9. The van der Waals surface area contributed by atoms with Gasteiger partial charge in [-0.15, -0.1) is 10.2 Å². The fourth-order valence-electron chi connectivity index (χ4n) is 1.81. The topological polar surface area (TPSA) is 118 Å². The molecule has 0 saturated carbocycles. The van der Waals surface area contributed by atoms with Gasteiger partial charge in [-0.3, -0.25) is 5.10 Å². The molecule has 2 heterocycles. The van der Waals surface area contributed by atoms with Crippen molar-refractivity contribution in [3.63, 3.8) is 0 Å². The number of sulfonamides is 1. The van der Waals surface area contributed by atoms with Crippen LogP contribution in [0.5, 0.6) is 0 Å². The molecule has 2 aromatic rings. The second-order valence-electron chi connectivity index (χ2n) is 4.34. The van der Waals surface area contributed by atoms with Gasteiger partial charge in [0.2, 0.25) is 10.0 Å². The first-order valence-corrected chi connectivity index (χ1v) is 7.45. The van der Waals surface area contributed by atoms with E-state index in [1.54, 1.807) is 25.6 Å². The molecule has 9 nitrogen and oxygen atoms in total. The number of rotatable bonds is 6. The lowest BCUT2D eigenvalue weighted by Gasteiger charge is -2.07. The molecule has 0 radical (unpaired) electrons. The average molecular weight is 299 g/mol. The summed E-state index contributed by atoms with van der Waals surface area (Å²) in [6.07, 6.45) is 1.51. The van der Waals surface area contributed by atoms with Crippen LogP contribution in [0.3, 0.4) is 0 Å². The Morgan fingerprint density at radius 3 is 2.75 bits per heavy atom. The van der Waals surface area contributed by atoms with Gasteiger partial charge in [0.15, 0.2) is 0 Å². The fourth-order valence-corrected chi connectivity index (χ4v) is 3.15. The van der Waals surface area contributed by atoms with Gasteiger partial charge in [-0.25, -0.2) is 13.1 Å². The van der Waals surface area contributed by atoms with E-state index in [1.165, 1.54) is 6.33 Å². The molecule has 0 bridgehead atoms. The highest BCUT2D eigenvalue weighted by Gasteiger charge is 2.24. The van der Waals surface area contributed by atoms with Crippen molar-refractivity contribution in [1.82, 2.24) is 35.0 Å². The lowest BCUT2D eigenvalue weighted by atomic mass is 10.4. The zero-order valence-corrected chi connectivity index (χ0v) is 12.3. The first-order chi connectivity index (χ1) is 9.45. The molecule has 2 aromatic heterocycles. The molecule has 2 rings (SSSR count). The second-order valence-corrected chi connectivity index (χ2v) is 6.04. The van der Waals surface area contributed by atoms with Gasteiger partial charge >= 0.3 is 0 Å². The summed E-state index contributed by atoms with van der Waals surface area (Å²) in [4.78, 5) is 0.175. The van der Waals surface area contributed by atoms with E-state index >= 15 is 0 Å². The molecule has 3 N–H and O–H groups in total. The van der Waals surface area contributed by atoms with Gasteiger partial charge in [-0.1, -0.05) is 0 Å². The average Bonchev–Trinajstić information content (AvgIpc) is 2.94. The van der Waals surface area contributed by atoms with Crippen LogP contribution in [0, 0.1) is 6.92 Å². The van der Waals surface area contributed by atoms with Crippen LogP contribution in [0.15, 0.2) is 11.2 Å². The largest absolute Gasteiger partial charge is 0.320 e. The number of H-pyrrole nitrogens is 1. The summed E-state index contributed by atoms with van der Waals surface area (Å²) in [6.45, 7) is 2.11. The number of aryl methyl sites for hydroxylation is 2. The maximum Gasteiger partial charge on any atom is 0.244 e. The SMILES string of the molecule is CNCc1n[nH]c(C)c1S(=O)(=O)NCc1nncn1C. The van der Waals surface area contributed by atoms with Crippen LogP contribution in [0.1, 0.15) is 17.2 Å². The molecule has 0 fully saturated rings. The first-order valence-electron chi connectivity index (χ1n) is 5.96. The predicted octanol–water partition coefficient (Wildman–Crippen LogP) is -0.955. The number of hydrogen-bond donors (Lipinski definition) is 3. The molecule has 20 heavy (non-hydrogen) atoms.